The van der Waals surface area contributed by atoms with Crippen molar-refractivity contribution in [3.8, 4) is 0 Å². The Labute approximate surface area is 79.3 Å². The van der Waals surface area contributed by atoms with E-state index in [9.17, 15) is 8.42 Å². The van der Waals surface area contributed by atoms with Gasteiger partial charge in [0.15, 0.2) is 0 Å². The largest absolute Gasteiger partial charge is 0.330 e. The van der Waals surface area contributed by atoms with Gasteiger partial charge in [-0.3, -0.25) is 0 Å². The van der Waals surface area contributed by atoms with Crippen LogP contribution >= 0.6 is 0 Å². The maximum atomic E-state index is 11.0. The van der Waals surface area contributed by atoms with Gasteiger partial charge in [0, 0.05) is 13.1 Å². The predicted molar refractivity (Wildman–Crippen MR) is 51.1 cm³/mol. The van der Waals surface area contributed by atoms with Gasteiger partial charge in [-0.1, -0.05) is 6.42 Å². The second-order valence-corrected chi connectivity index (χ2v) is 5.16. The predicted octanol–water partition coefficient (Wildman–Crippen LogP) is -0.751. The Bertz CT molecular complexity index is 265. The lowest BCUT2D eigenvalue weighted by atomic mass is 10.0. The van der Waals surface area contributed by atoms with Gasteiger partial charge in [-0.05, 0) is 25.3 Å². The molecule has 2 atom stereocenters. The summed E-state index contributed by atoms with van der Waals surface area (Å²) >= 11 is 0. The van der Waals surface area contributed by atoms with Gasteiger partial charge in [-0.15, -0.1) is 0 Å². The zero-order valence-electron chi connectivity index (χ0n) is 7.81. The standard InChI is InChI=1S/C7H17N3O2S/c1-10(13(9,11)12)7-4-2-3-6(7)5-8/h6-7H,2-5,8H2,1H3,(H2,9,11,12). The molecule has 0 amide bonds. The van der Waals surface area contributed by atoms with Crippen molar-refractivity contribution in [2.75, 3.05) is 13.6 Å². The second-order valence-electron chi connectivity index (χ2n) is 3.56. The molecule has 1 aliphatic rings. The molecule has 1 fully saturated rings. The molecular weight excluding hydrogens is 190 g/mol. The Morgan fingerprint density at radius 2 is 2.08 bits per heavy atom. The van der Waals surface area contributed by atoms with E-state index in [2.05, 4.69) is 0 Å². The Morgan fingerprint density at radius 1 is 1.46 bits per heavy atom. The van der Waals surface area contributed by atoms with E-state index in [1.54, 1.807) is 0 Å². The highest BCUT2D eigenvalue weighted by atomic mass is 32.2. The minimum Gasteiger partial charge on any atom is -0.330 e. The topological polar surface area (TPSA) is 89.4 Å². The van der Waals surface area contributed by atoms with Crippen molar-refractivity contribution in [2.24, 2.45) is 16.8 Å². The Hall–Kier alpha value is -0.170. The summed E-state index contributed by atoms with van der Waals surface area (Å²) in [4.78, 5) is 0. The monoisotopic (exact) mass is 207 g/mol. The summed E-state index contributed by atoms with van der Waals surface area (Å²) < 4.78 is 23.3. The number of nitrogens with zero attached hydrogens (tertiary/aromatic N) is 1. The molecule has 4 N–H and O–H groups in total. The molecule has 2 unspecified atom stereocenters. The van der Waals surface area contributed by atoms with E-state index in [4.69, 9.17) is 10.9 Å². The van der Waals surface area contributed by atoms with Crippen LogP contribution in [0, 0.1) is 5.92 Å². The van der Waals surface area contributed by atoms with Crippen molar-refractivity contribution in [3.05, 3.63) is 0 Å². The van der Waals surface area contributed by atoms with Crippen molar-refractivity contribution < 1.29 is 8.42 Å². The van der Waals surface area contributed by atoms with Gasteiger partial charge in [0.2, 0.25) is 0 Å². The number of rotatable bonds is 3. The molecular formula is C7H17N3O2S. The molecule has 0 aromatic heterocycles. The van der Waals surface area contributed by atoms with Crippen LogP contribution in [-0.4, -0.2) is 32.4 Å². The first-order valence-corrected chi connectivity index (χ1v) is 5.93. The summed E-state index contributed by atoms with van der Waals surface area (Å²) in [6, 6.07) is -0.000000000000000444. The van der Waals surface area contributed by atoms with Gasteiger partial charge in [-0.25, -0.2) is 5.14 Å². The molecule has 0 aromatic rings. The summed E-state index contributed by atoms with van der Waals surface area (Å²) in [5, 5.41) is 5.03. The van der Waals surface area contributed by atoms with Crippen LogP contribution in [0.5, 0.6) is 0 Å². The first-order valence-electron chi connectivity index (χ1n) is 4.42. The third-order valence-corrected chi connectivity index (χ3v) is 3.86. The van der Waals surface area contributed by atoms with Gasteiger partial charge in [0.25, 0.3) is 10.2 Å². The van der Waals surface area contributed by atoms with Crippen LogP contribution in [0.1, 0.15) is 19.3 Å². The smallest absolute Gasteiger partial charge is 0.276 e. The molecule has 78 valence electrons. The zero-order valence-corrected chi connectivity index (χ0v) is 8.63. The summed E-state index contributed by atoms with van der Waals surface area (Å²) in [5.74, 6) is 0.267. The quantitative estimate of drug-likeness (QED) is 0.638. The fourth-order valence-corrected chi connectivity index (χ4v) is 2.61. The van der Waals surface area contributed by atoms with Crippen molar-refractivity contribution in [3.63, 3.8) is 0 Å². The summed E-state index contributed by atoms with van der Waals surface area (Å²) in [6.07, 6.45) is 2.90. The number of hydrogen-bond donors (Lipinski definition) is 2. The first-order chi connectivity index (χ1) is 5.96. The molecule has 0 heterocycles. The average Bonchev–Trinajstić information content (AvgIpc) is 2.48. The van der Waals surface area contributed by atoms with Crippen molar-refractivity contribution in [2.45, 2.75) is 25.3 Å². The van der Waals surface area contributed by atoms with E-state index in [1.165, 1.54) is 11.4 Å². The lowest BCUT2D eigenvalue weighted by Crippen LogP contribution is -2.44. The molecule has 0 spiro atoms. The Balaban J connectivity index is 2.71. The highest BCUT2D eigenvalue weighted by Gasteiger charge is 2.33. The van der Waals surface area contributed by atoms with Gasteiger partial charge < -0.3 is 5.73 Å². The molecule has 1 aliphatic carbocycles. The lowest BCUT2D eigenvalue weighted by molar-refractivity contribution is 0.304. The number of hydrogen-bond acceptors (Lipinski definition) is 3. The van der Waals surface area contributed by atoms with Crippen LogP contribution in [0.4, 0.5) is 0 Å². The maximum absolute atomic E-state index is 11.0. The van der Waals surface area contributed by atoms with Crippen LogP contribution in [0.25, 0.3) is 0 Å². The Morgan fingerprint density at radius 3 is 2.54 bits per heavy atom. The van der Waals surface area contributed by atoms with Gasteiger partial charge in [0.05, 0.1) is 0 Å². The minimum absolute atomic E-state index is 0.000000000000000444. The molecule has 6 heteroatoms. The third-order valence-electron chi connectivity index (χ3n) is 2.79. The SMILES string of the molecule is CN(C1CCCC1CN)S(N)(=O)=O. The highest BCUT2D eigenvalue weighted by molar-refractivity contribution is 7.86. The minimum atomic E-state index is -3.55. The van der Waals surface area contributed by atoms with E-state index in [0.29, 0.717) is 6.54 Å². The molecule has 0 radical (unpaired) electrons. The molecule has 13 heavy (non-hydrogen) atoms. The molecule has 0 bridgehead atoms. The van der Waals surface area contributed by atoms with Crippen LogP contribution in [0.3, 0.4) is 0 Å². The van der Waals surface area contributed by atoms with Crippen LogP contribution < -0.4 is 10.9 Å². The second kappa shape index (κ2) is 3.91. The molecule has 0 aliphatic heterocycles. The fourth-order valence-electron chi connectivity index (χ4n) is 1.96. The molecule has 5 nitrogen and oxygen atoms in total. The van der Waals surface area contributed by atoms with Gasteiger partial charge in [-0.2, -0.15) is 12.7 Å². The lowest BCUT2D eigenvalue weighted by Gasteiger charge is -2.26. The van der Waals surface area contributed by atoms with Gasteiger partial charge in [0.1, 0.15) is 0 Å². The van der Waals surface area contributed by atoms with Crippen molar-refractivity contribution >= 4 is 10.2 Å². The van der Waals surface area contributed by atoms with Gasteiger partial charge >= 0.3 is 0 Å². The third kappa shape index (κ3) is 2.40. The molecule has 0 saturated heterocycles. The maximum Gasteiger partial charge on any atom is 0.276 e. The van der Waals surface area contributed by atoms with Crippen LogP contribution in [-0.2, 0) is 10.2 Å². The van der Waals surface area contributed by atoms with Crippen LogP contribution in [0.2, 0.25) is 0 Å². The van der Waals surface area contributed by atoms with E-state index < -0.39 is 10.2 Å². The van der Waals surface area contributed by atoms with E-state index in [-0.39, 0.29) is 12.0 Å². The Kier molecular flexibility index (Phi) is 3.28. The van der Waals surface area contributed by atoms with E-state index >= 15 is 0 Å². The van der Waals surface area contributed by atoms with Crippen molar-refractivity contribution in [1.29, 1.82) is 0 Å². The van der Waals surface area contributed by atoms with Crippen molar-refractivity contribution in [1.82, 2.24) is 4.31 Å². The number of nitrogens with two attached hydrogens (primary N) is 2. The molecule has 1 rings (SSSR count). The highest BCUT2D eigenvalue weighted by Crippen LogP contribution is 2.29. The average molecular weight is 207 g/mol. The van der Waals surface area contributed by atoms with E-state index in [0.717, 1.165) is 19.3 Å². The van der Waals surface area contributed by atoms with Crippen LogP contribution in [0.15, 0.2) is 0 Å². The molecule has 1 saturated carbocycles. The fraction of sp³-hybridized carbons (Fsp3) is 1.00. The zero-order chi connectivity index (χ0) is 10.1. The summed E-state index contributed by atoms with van der Waals surface area (Å²) in [6.45, 7) is 0.532. The molecule has 0 aromatic carbocycles. The van der Waals surface area contributed by atoms with E-state index in [1.807, 2.05) is 0 Å². The summed E-state index contributed by atoms with van der Waals surface area (Å²) in [5.41, 5.74) is 5.54. The summed E-state index contributed by atoms with van der Waals surface area (Å²) in [7, 11) is -2.03. The first kappa shape index (κ1) is 10.9. The normalized spacial score (nSPS) is 29.8.